The third-order valence-electron chi connectivity index (χ3n) is 4.55. The van der Waals surface area contributed by atoms with Crippen LogP contribution in [0.1, 0.15) is 12.8 Å². The van der Waals surface area contributed by atoms with Gasteiger partial charge in [0.05, 0.1) is 20.7 Å². The van der Waals surface area contributed by atoms with Gasteiger partial charge >= 0.3 is 0 Å². The number of hydrogen-bond donors (Lipinski definition) is 0. The maximum Gasteiger partial charge on any atom is 0.272 e. The quantitative estimate of drug-likeness (QED) is 0.612. The molecule has 0 saturated carbocycles. The van der Waals surface area contributed by atoms with Crippen molar-refractivity contribution in [2.75, 3.05) is 44.3 Å². The van der Waals surface area contributed by atoms with Crippen molar-refractivity contribution in [3.63, 3.8) is 0 Å². The van der Waals surface area contributed by atoms with E-state index in [4.69, 9.17) is 27.9 Å². The van der Waals surface area contributed by atoms with E-state index < -0.39 is 4.92 Å². The summed E-state index contributed by atoms with van der Waals surface area (Å²) in [7, 11) is 0. The number of piperazine rings is 1. The summed E-state index contributed by atoms with van der Waals surface area (Å²) in [5, 5.41) is 11.5. The van der Waals surface area contributed by atoms with E-state index in [2.05, 4.69) is 9.80 Å². The van der Waals surface area contributed by atoms with Crippen molar-refractivity contribution < 1.29 is 9.66 Å². The standard InChI is InChI=1S/C15H19Cl2N3O3/c16-13-9-12(20(21)22)10-14(17)15(13)19-5-3-18(4-6-19)11-1-7-23-8-2-11/h9-11H,1-8H2. The molecule has 8 heteroatoms. The molecule has 2 saturated heterocycles. The van der Waals surface area contributed by atoms with Crippen LogP contribution in [-0.2, 0) is 4.74 Å². The van der Waals surface area contributed by atoms with Gasteiger partial charge in [-0.05, 0) is 12.8 Å². The molecule has 0 atom stereocenters. The minimum absolute atomic E-state index is 0.0791. The second-order valence-corrected chi connectivity index (χ2v) is 6.70. The molecule has 0 aliphatic carbocycles. The Labute approximate surface area is 145 Å². The number of anilines is 1. The van der Waals surface area contributed by atoms with Gasteiger partial charge in [-0.1, -0.05) is 23.2 Å². The van der Waals surface area contributed by atoms with Gasteiger partial charge in [0.2, 0.25) is 0 Å². The number of nitro groups is 1. The lowest BCUT2D eigenvalue weighted by atomic mass is 10.1. The molecule has 1 aromatic carbocycles. The van der Waals surface area contributed by atoms with Crippen molar-refractivity contribution in [2.24, 2.45) is 0 Å². The molecule has 0 unspecified atom stereocenters. The molecule has 3 rings (SSSR count). The Bertz CT molecular complexity index is 562. The average Bonchev–Trinajstić information content (AvgIpc) is 2.55. The van der Waals surface area contributed by atoms with Crippen LogP contribution in [0.15, 0.2) is 12.1 Å². The van der Waals surface area contributed by atoms with E-state index in [1.54, 1.807) is 0 Å². The topological polar surface area (TPSA) is 58.9 Å². The molecule has 1 aromatic rings. The predicted molar refractivity (Wildman–Crippen MR) is 90.7 cm³/mol. The van der Waals surface area contributed by atoms with E-state index in [0.717, 1.165) is 52.2 Å². The molecule has 0 N–H and O–H groups in total. The zero-order valence-electron chi connectivity index (χ0n) is 12.7. The summed E-state index contributed by atoms with van der Waals surface area (Å²) < 4.78 is 5.42. The van der Waals surface area contributed by atoms with Crippen molar-refractivity contribution in [2.45, 2.75) is 18.9 Å². The van der Waals surface area contributed by atoms with Gasteiger partial charge < -0.3 is 9.64 Å². The lowest BCUT2D eigenvalue weighted by Crippen LogP contribution is -2.51. The summed E-state index contributed by atoms with van der Waals surface area (Å²) >= 11 is 12.5. The number of halogens is 2. The molecule has 0 radical (unpaired) electrons. The Morgan fingerprint density at radius 3 is 2.17 bits per heavy atom. The molecule has 126 valence electrons. The average molecular weight is 360 g/mol. The van der Waals surface area contributed by atoms with Crippen LogP contribution in [0.3, 0.4) is 0 Å². The maximum atomic E-state index is 10.9. The van der Waals surface area contributed by atoms with Crippen LogP contribution in [0.25, 0.3) is 0 Å². The van der Waals surface area contributed by atoms with Gasteiger partial charge in [-0.15, -0.1) is 0 Å². The molecule has 2 aliphatic heterocycles. The van der Waals surface area contributed by atoms with Crippen molar-refractivity contribution in [1.29, 1.82) is 0 Å². The largest absolute Gasteiger partial charge is 0.381 e. The first-order chi connectivity index (χ1) is 11.1. The summed E-state index contributed by atoms with van der Waals surface area (Å²) in [6.45, 7) is 5.18. The van der Waals surface area contributed by atoms with Gasteiger partial charge in [-0.25, -0.2) is 0 Å². The molecule has 0 amide bonds. The van der Waals surface area contributed by atoms with Gasteiger partial charge in [0, 0.05) is 57.6 Å². The van der Waals surface area contributed by atoms with Crippen LogP contribution in [0.4, 0.5) is 11.4 Å². The number of hydrogen-bond acceptors (Lipinski definition) is 5. The number of ether oxygens (including phenoxy) is 1. The van der Waals surface area contributed by atoms with E-state index in [0.29, 0.717) is 21.8 Å². The summed E-state index contributed by atoms with van der Waals surface area (Å²) in [6.07, 6.45) is 2.16. The Hall–Kier alpha value is -1.08. The third-order valence-corrected chi connectivity index (χ3v) is 5.13. The number of nitro benzene ring substituents is 1. The van der Waals surface area contributed by atoms with Crippen molar-refractivity contribution in [1.82, 2.24) is 4.90 Å². The molecule has 2 aliphatic rings. The molecule has 2 heterocycles. The van der Waals surface area contributed by atoms with Gasteiger partial charge in [0.25, 0.3) is 5.69 Å². The minimum Gasteiger partial charge on any atom is -0.381 e. The van der Waals surface area contributed by atoms with Crippen molar-refractivity contribution in [3.8, 4) is 0 Å². The lowest BCUT2D eigenvalue weighted by molar-refractivity contribution is -0.384. The molecule has 0 bridgehead atoms. The fourth-order valence-corrected chi connectivity index (χ4v) is 4.04. The van der Waals surface area contributed by atoms with Crippen LogP contribution >= 0.6 is 23.2 Å². The van der Waals surface area contributed by atoms with Crippen LogP contribution in [0.2, 0.25) is 10.0 Å². The molecule has 23 heavy (non-hydrogen) atoms. The van der Waals surface area contributed by atoms with Gasteiger partial charge in [-0.2, -0.15) is 0 Å². The first-order valence-electron chi connectivity index (χ1n) is 7.76. The van der Waals surface area contributed by atoms with Crippen molar-refractivity contribution in [3.05, 3.63) is 32.3 Å². The third kappa shape index (κ3) is 3.71. The summed E-state index contributed by atoms with van der Waals surface area (Å²) in [4.78, 5) is 15.0. The molecule has 0 aromatic heterocycles. The second kappa shape index (κ2) is 7.21. The molecular weight excluding hydrogens is 341 g/mol. The first kappa shape index (κ1) is 16.8. The smallest absolute Gasteiger partial charge is 0.272 e. The zero-order chi connectivity index (χ0) is 16.4. The molecule has 2 fully saturated rings. The number of nitrogens with zero attached hydrogens (tertiary/aromatic N) is 3. The summed E-state index contributed by atoms with van der Waals surface area (Å²) in [5.74, 6) is 0. The van der Waals surface area contributed by atoms with Crippen LogP contribution in [0.5, 0.6) is 0 Å². The van der Waals surface area contributed by atoms with E-state index >= 15 is 0 Å². The van der Waals surface area contributed by atoms with Crippen LogP contribution in [-0.4, -0.2) is 55.3 Å². The highest BCUT2D eigenvalue weighted by molar-refractivity contribution is 6.39. The molecule has 6 nitrogen and oxygen atoms in total. The Kier molecular flexibility index (Phi) is 5.26. The highest BCUT2D eigenvalue weighted by Gasteiger charge is 2.27. The Morgan fingerprint density at radius 2 is 1.65 bits per heavy atom. The van der Waals surface area contributed by atoms with E-state index in [-0.39, 0.29) is 5.69 Å². The minimum atomic E-state index is -0.482. The van der Waals surface area contributed by atoms with Gasteiger partial charge in [-0.3, -0.25) is 15.0 Å². The van der Waals surface area contributed by atoms with Crippen LogP contribution in [0, 0.1) is 10.1 Å². The van der Waals surface area contributed by atoms with Gasteiger partial charge in [0.15, 0.2) is 0 Å². The first-order valence-corrected chi connectivity index (χ1v) is 8.52. The summed E-state index contributed by atoms with van der Waals surface area (Å²) in [6, 6.07) is 3.33. The Balaban J connectivity index is 1.69. The van der Waals surface area contributed by atoms with Gasteiger partial charge in [0.1, 0.15) is 0 Å². The highest BCUT2D eigenvalue weighted by Crippen LogP contribution is 2.38. The normalized spacial score (nSPS) is 20.7. The fourth-order valence-electron chi connectivity index (χ4n) is 3.32. The number of rotatable bonds is 3. The SMILES string of the molecule is O=[N+]([O-])c1cc(Cl)c(N2CCN(C3CCOCC3)CC2)c(Cl)c1. The lowest BCUT2D eigenvalue weighted by Gasteiger charge is -2.41. The number of non-ortho nitro benzene ring substituents is 1. The highest BCUT2D eigenvalue weighted by atomic mass is 35.5. The van der Waals surface area contributed by atoms with Crippen molar-refractivity contribution >= 4 is 34.6 Å². The zero-order valence-corrected chi connectivity index (χ0v) is 14.2. The monoisotopic (exact) mass is 359 g/mol. The molecular formula is C15H19Cl2N3O3. The number of benzene rings is 1. The van der Waals surface area contributed by atoms with E-state index in [9.17, 15) is 10.1 Å². The van der Waals surface area contributed by atoms with E-state index in [1.165, 1.54) is 12.1 Å². The summed E-state index contributed by atoms with van der Waals surface area (Å²) in [5.41, 5.74) is 0.621. The van der Waals surface area contributed by atoms with E-state index in [1.807, 2.05) is 0 Å². The second-order valence-electron chi connectivity index (χ2n) is 5.88. The Morgan fingerprint density at radius 1 is 1.09 bits per heavy atom. The predicted octanol–water partition coefficient (Wildman–Crippen LogP) is 3.20. The molecule has 0 spiro atoms. The maximum absolute atomic E-state index is 10.9. The van der Waals surface area contributed by atoms with Crippen LogP contribution < -0.4 is 4.90 Å². The fraction of sp³-hybridized carbons (Fsp3) is 0.600.